The number of nitrogens with zero attached hydrogens (tertiary/aromatic N) is 1. The van der Waals surface area contributed by atoms with Crippen LogP contribution in [0.1, 0.15) is 19.3 Å². The van der Waals surface area contributed by atoms with Gasteiger partial charge in [0.05, 0.1) is 11.6 Å². The van der Waals surface area contributed by atoms with Crippen LogP contribution in [0.4, 0.5) is 0 Å². The first-order chi connectivity index (χ1) is 6.38. The molecule has 0 N–H and O–H groups in total. The van der Waals surface area contributed by atoms with E-state index in [1.54, 1.807) is 0 Å². The summed E-state index contributed by atoms with van der Waals surface area (Å²) in [6.07, 6.45) is 12.6. The molecule has 1 heteroatoms. The van der Waals surface area contributed by atoms with Crippen LogP contribution in [0.5, 0.6) is 0 Å². The van der Waals surface area contributed by atoms with E-state index in [1.165, 1.54) is 0 Å². The molecule has 1 rings (SSSR count). The monoisotopic (exact) mass is 171 g/mol. The zero-order chi connectivity index (χ0) is 9.52. The van der Waals surface area contributed by atoms with E-state index in [1.807, 2.05) is 18.2 Å². The van der Waals surface area contributed by atoms with Crippen molar-refractivity contribution in [2.45, 2.75) is 19.3 Å². The molecule has 0 heterocycles. The quantitative estimate of drug-likeness (QED) is 0.598. The Morgan fingerprint density at radius 2 is 2.46 bits per heavy atom. The van der Waals surface area contributed by atoms with Crippen molar-refractivity contribution in [1.82, 2.24) is 0 Å². The van der Waals surface area contributed by atoms with Crippen molar-refractivity contribution in [3.8, 4) is 6.07 Å². The van der Waals surface area contributed by atoms with Crippen LogP contribution in [-0.2, 0) is 0 Å². The maximum atomic E-state index is 8.87. The van der Waals surface area contributed by atoms with Crippen molar-refractivity contribution < 1.29 is 0 Å². The summed E-state index contributed by atoms with van der Waals surface area (Å²) in [5, 5.41) is 8.87. The summed E-state index contributed by atoms with van der Waals surface area (Å²) < 4.78 is 0. The van der Waals surface area contributed by atoms with Crippen molar-refractivity contribution >= 4 is 0 Å². The molecule has 0 aromatic heterocycles. The van der Waals surface area contributed by atoms with Gasteiger partial charge < -0.3 is 0 Å². The Labute approximate surface area is 79.4 Å². The standard InChI is InChI=1S/C12H13N/c1-2-3-7-11-8-5-4-6-9-12(11)10-13/h2,4,6,8-9H,1,3,5,7H2. The predicted molar refractivity (Wildman–Crippen MR) is 55.0 cm³/mol. The van der Waals surface area contributed by atoms with Gasteiger partial charge in [-0.1, -0.05) is 24.3 Å². The van der Waals surface area contributed by atoms with Crippen LogP contribution in [0, 0.1) is 11.3 Å². The molecular formula is C12H13N. The van der Waals surface area contributed by atoms with E-state index in [9.17, 15) is 0 Å². The second-order valence-electron chi connectivity index (χ2n) is 2.91. The summed E-state index contributed by atoms with van der Waals surface area (Å²) in [5.41, 5.74) is 1.93. The van der Waals surface area contributed by atoms with Gasteiger partial charge in [0.15, 0.2) is 0 Å². The van der Waals surface area contributed by atoms with Gasteiger partial charge in [-0.3, -0.25) is 0 Å². The number of hydrogen-bond acceptors (Lipinski definition) is 1. The molecule has 66 valence electrons. The molecule has 0 radical (unpaired) electrons. The molecule has 0 spiro atoms. The Bertz CT molecular complexity index is 311. The average Bonchev–Trinajstić information content (AvgIpc) is 2.39. The fraction of sp³-hybridized carbons (Fsp3) is 0.250. The lowest BCUT2D eigenvalue weighted by molar-refractivity contribution is 0.990. The van der Waals surface area contributed by atoms with Crippen molar-refractivity contribution in [1.29, 1.82) is 5.26 Å². The maximum Gasteiger partial charge on any atom is 0.0994 e. The minimum absolute atomic E-state index is 0.788. The Balaban J connectivity index is 2.76. The highest BCUT2D eigenvalue weighted by Crippen LogP contribution is 2.19. The highest BCUT2D eigenvalue weighted by molar-refractivity contribution is 5.45. The minimum Gasteiger partial charge on any atom is -0.192 e. The Morgan fingerprint density at radius 3 is 3.15 bits per heavy atom. The number of hydrogen-bond donors (Lipinski definition) is 0. The van der Waals surface area contributed by atoms with Crippen molar-refractivity contribution in [3.63, 3.8) is 0 Å². The van der Waals surface area contributed by atoms with Gasteiger partial charge in [0, 0.05) is 0 Å². The summed E-state index contributed by atoms with van der Waals surface area (Å²) in [5.74, 6) is 0. The maximum absolute atomic E-state index is 8.87. The van der Waals surface area contributed by atoms with E-state index in [4.69, 9.17) is 5.26 Å². The molecule has 1 aliphatic carbocycles. The summed E-state index contributed by atoms with van der Waals surface area (Å²) >= 11 is 0. The van der Waals surface area contributed by atoms with Crippen LogP contribution in [0.3, 0.4) is 0 Å². The van der Waals surface area contributed by atoms with E-state index in [0.29, 0.717) is 0 Å². The van der Waals surface area contributed by atoms with Crippen LogP contribution < -0.4 is 0 Å². The van der Waals surface area contributed by atoms with Gasteiger partial charge in [0.2, 0.25) is 0 Å². The first-order valence-corrected chi connectivity index (χ1v) is 4.45. The van der Waals surface area contributed by atoms with Crippen molar-refractivity contribution in [2.24, 2.45) is 0 Å². The third-order valence-corrected chi connectivity index (χ3v) is 1.98. The fourth-order valence-electron chi connectivity index (χ4n) is 1.27. The zero-order valence-electron chi connectivity index (χ0n) is 7.66. The first-order valence-electron chi connectivity index (χ1n) is 4.45. The number of nitriles is 1. The minimum atomic E-state index is 0.788. The van der Waals surface area contributed by atoms with Gasteiger partial charge in [0.25, 0.3) is 0 Å². The predicted octanol–water partition coefficient (Wildman–Crippen LogP) is 3.29. The Kier molecular flexibility index (Phi) is 3.78. The lowest BCUT2D eigenvalue weighted by Gasteiger charge is -2.01. The van der Waals surface area contributed by atoms with Gasteiger partial charge >= 0.3 is 0 Å². The van der Waals surface area contributed by atoms with Crippen LogP contribution in [0.15, 0.2) is 48.1 Å². The summed E-state index contributed by atoms with van der Waals surface area (Å²) in [6, 6.07) is 2.21. The number of rotatable bonds is 3. The van der Waals surface area contributed by atoms with Crippen LogP contribution in [0.2, 0.25) is 0 Å². The molecule has 0 saturated heterocycles. The average molecular weight is 171 g/mol. The second kappa shape index (κ2) is 5.16. The molecule has 0 aromatic carbocycles. The van der Waals surface area contributed by atoms with Crippen LogP contribution >= 0.6 is 0 Å². The van der Waals surface area contributed by atoms with Gasteiger partial charge in [-0.05, 0) is 30.9 Å². The Hall–Kier alpha value is -1.55. The molecule has 1 aliphatic rings. The molecule has 0 aliphatic heterocycles. The van der Waals surface area contributed by atoms with E-state index in [2.05, 4.69) is 24.8 Å². The van der Waals surface area contributed by atoms with E-state index in [-0.39, 0.29) is 0 Å². The lowest BCUT2D eigenvalue weighted by Crippen LogP contribution is -1.86. The molecule has 0 atom stereocenters. The normalized spacial score (nSPS) is 15.3. The fourth-order valence-corrected chi connectivity index (χ4v) is 1.27. The molecule has 0 fully saturated rings. The van der Waals surface area contributed by atoms with E-state index < -0.39 is 0 Å². The summed E-state index contributed by atoms with van der Waals surface area (Å²) in [7, 11) is 0. The molecular weight excluding hydrogens is 158 g/mol. The Morgan fingerprint density at radius 1 is 1.62 bits per heavy atom. The van der Waals surface area contributed by atoms with E-state index >= 15 is 0 Å². The lowest BCUT2D eigenvalue weighted by atomic mass is 10.0. The van der Waals surface area contributed by atoms with E-state index in [0.717, 1.165) is 30.4 Å². The molecule has 13 heavy (non-hydrogen) atoms. The third-order valence-electron chi connectivity index (χ3n) is 1.98. The smallest absolute Gasteiger partial charge is 0.0994 e. The van der Waals surface area contributed by atoms with Gasteiger partial charge in [-0.2, -0.15) is 5.26 Å². The molecule has 0 saturated carbocycles. The molecule has 0 unspecified atom stereocenters. The van der Waals surface area contributed by atoms with Crippen molar-refractivity contribution in [3.05, 3.63) is 48.1 Å². The number of allylic oxidation sites excluding steroid dienone is 7. The zero-order valence-corrected chi connectivity index (χ0v) is 7.66. The highest BCUT2D eigenvalue weighted by Gasteiger charge is 2.03. The topological polar surface area (TPSA) is 23.8 Å². The van der Waals surface area contributed by atoms with Crippen LogP contribution in [0.25, 0.3) is 0 Å². The highest BCUT2D eigenvalue weighted by atomic mass is 14.3. The SMILES string of the molecule is C=CCCC1=CCC=CC=C1C#N. The summed E-state index contributed by atoms with van der Waals surface area (Å²) in [6.45, 7) is 3.67. The van der Waals surface area contributed by atoms with Crippen LogP contribution in [-0.4, -0.2) is 0 Å². The summed E-state index contributed by atoms with van der Waals surface area (Å²) in [4.78, 5) is 0. The largest absolute Gasteiger partial charge is 0.192 e. The molecule has 0 aromatic rings. The first kappa shape index (κ1) is 9.54. The van der Waals surface area contributed by atoms with Crippen molar-refractivity contribution in [2.75, 3.05) is 0 Å². The molecule has 0 bridgehead atoms. The van der Waals surface area contributed by atoms with Gasteiger partial charge in [-0.25, -0.2) is 0 Å². The third kappa shape index (κ3) is 2.76. The molecule has 1 nitrogen and oxygen atoms in total. The van der Waals surface area contributed by atoms with Gasteiger partial charge in [-0.15, -0.1) is 6.58 Å². The van der Waals surface area contributed by atoms with Gasteiger partial charge in [0.1, 0.15) is 0 Å². The second-order valence-corrected chi connectivity index (χ2v) is 2.91. The molecule has 0 amide bonds.